The van der Waals surface area contributed by atoms with Gasteiger partial charge < -0.3 is 5.73 Å². The van der Waals surface area contributed by atoms with Crippen LogP contribution in [0.5, 0.6) is 0 Å². The van der Waals surface area contributed by atoms with Gasteiger partial charge >= 0.3 is 0 Å². The average molecular weight is 312 g/mol. The van der Waals surface area contributed by atoms with Crippen LogP contribution in [0.1, 0.15) is 52.0 Å². The van der Waals surface area contributed by atoms with Gasteiger partial charge in [-0.2, -0.15) is 0 Å². The normalized spacial score (nSPS) is 12.6. The van der Waals surface area contributed by atoms with Gasteiger partial charge in [0.2, 0.25) is 10.0 Å². The van der Waals surface area contributed by atoms with E-state index in [0.717, 1.165) is 18.4 Å². The molecular weight excluding hydrogens is 284 g/mol. The van der Waals surface area contributed by atoms with E-state index in [0.29, 0.717) is 12.2 Å². The molecule has 1 aromatic rings. The van der Waals surface area contributed by atoms with Gasteiger partial charge in [0.15, 0.2) is 0 Å². The van der Waals surface area contributed by atoms with Crippen molar-refractivity contribution in [2.24, 2.45) is 5.41 Å². The molecule has 120 valence electrons. The van der Waals surface area contributed by atoms with Crippen LogP contribution in [0.2, 0.25) is 0 Å². The van der Waals surface area contributed by atoms with Crippen molar-refractivity contribution in [2.45, 2.75) is 58.3 Å². The molecule has 1 aromatic carbocycles. The lowest BCUT2D eigenvalue weighted by Crippen LogP contribution is -2.34. The van der Waals surface area contributed by atoms with E-state index >= 15 is 0 Å². The molecule has 0 radical (unpaired) electrons. The lowest BCUT2D eigenvalue weighted by molar-refractivity contribution is 0.320. The minimum absolute atomic E-state index is 0.0539. The van der Waals surface area contributed by atoms with Crippen molar-refractivity contribution < 1.29 is 8.42 Å². The first-order chi connectivity index (χ1) is 9.68. The second-order valence-electron chi connectivity index (χ2n) is 6.49. The summed E-state index contributed by atoms with van der Waals surface area (Å²) in [6.07, 6.45) is 4.48. The summed E-state index contributed by atoms with van der Waals surface area (Å²) in [4.78, 5) is 0.164. The first kappa shape index (κ1) is 18.0. The highest BCUT2D eigenvalue weighted by atomic mass is 32.2. The summed E-state index contributed by atoms with van der Waals surface area (Å²) in [5.41, 5.74) is 7.02. The fraction of sp³-hybridized carbons (Fsp3) is 0.625. The molecule has 0 saturated carbocycles. The van der Waals surface area contributed by atoms with Gasteiger partial charge in [0, 0.05) is 6.54 Å². The van der Waals surface area contributed by atoms with E-state index in [1.165, 1.54) is 12.8 Å². The number of benzene rings is 1. The summed E-state index contributed by atoms with van der Waals surface area (Å²) >= 11 is 0. The molecular formula is C16H28N2O2S. The molecule has 1 rings (SSSR count). The van der Waals surface area contributed by atoms with Crippen molar-refractivity contribution in [3.05, 3.63) is 23.8 Å². The number of rotatable bonds is 8. The van der Waals surface area contributed by atoms with Crippen LogP contribution in [0.15, 0.2) is 23.1 Å². The zero-order chi connectivity index (χ0) is 16.1. The van der Waals surface area contributed by atoms with Crippen LogP contribution >= 0.6 is 0 Å². The van der Waals surface area contributed by atoms with E-state index in [9.17, 15) is 8.42 Å². The van der Waals surface area contributed by atoms with Gasteiger partial charge in [-0.15, -0.1) is 0 Å². The number of nitrogens with two attached hydrogens (primary N) is 1. The van der Waals surface area contributed by atoms with E-state index in [1.807, 2.05) is 6.92 Å². The van der Waals surface area contributed by atoms with Gasteiger partial charge in [-0.05, 0) is 36.5 Å². The number of hydrogen-bond acceptors (Lipinski definition) is 3. The lowest BCUT2D eigenvalue weighted by Gasteiger charge is -2.25. The smallest absolute Gasteiger partial charge is 0.242 e. The number of anilines is 1. The van der Waals surface area contributed by atoms with Crippen molar-refractivity contribution in [1.29, 1.82) is 0 Å². The maximum Gasteiger partial charge on any atom is 0.242 e. The Morgan fingerprint density at radius 2 is 1.90 bits per heavy atom. The Labute approximate surface area is 129 Å². The number of sulfonamides is 1. The highest BCUT2D eigenvalue weighted by Gasteiger charge is 2.23. The summed E-state index contributed by atoms with van der Waals surface area (Å²) in [6, 6.07) is 5.01. The van der Waals surface area contributed by atoms with Gasteiger partial charge in [0.1, 0.15) is 4.90 Å². The number of nitrogens with one attached hydrogen (secondary N) is 1. The molecule has 0 amide bonds. The molecule has 21 heavy (non-hydrogen) atoms. The van der Waals surface area contributed by atoms with E-state index in [-0.39, 0.29) is 10.3 Å². The Balaban J connectivity index is 2.72. The van der Waals surface area contributed by atoms with Gasteiger partial charge in [-0.25, -0.2) is 13.1 Å². The highest BCUT2D eigenvalue weighted by Crippen LogP contribution is 2.25. The van der Waals surface area contributed by atoms with Crippen LogP contribution in [-0.4, -0.2) is 15.0 Å². The van der Waals surface area contributed by atoms with Crippen LogP contribution < -0.4 is 10.5 Å². The molecule has 0 saturated heterocycles. The van der Waals surface area contributed by atoms with Gasteiger partial charge in [0.25, 0.3) is 0 Å². The summed E-state index contributed by atoms with van der Waals surface area (Å²) in [5, 5.41) is 0. The average Bonchev–Trinajstić information content (AvgIpc) is 2.36. The quantitative estimate of drug-likeness (QED) is 0.570. The monoisotopic (exact) mass is 312 g/mol. The largest absolute Gasteiger partial charge is 0.398 e. The van der Waals surface area contributed by atoms with Crippen molar-refractivity contribution in [1.82, 2.24) is 4.72 Å². The van der Waals surface area contributed by atoms with Crippen molar-refractivity contribution in [2.75, 3.05) is 12.3 Å². The Bertz CT molecular complexity index is 566. The lowest BCUT2D eigenvalue weighted by atomic mass is 9.87. The predicted octanol–water partition coefficient (Wildman–Crippen LogP) is 3.46. The van der Waals surface area contributed by atoms with Crippen molar-refractivity contribution in [3.63, 3.8) is 0 Å². The molecule has 5 heteroatoms. The third kappa shape index (κ3) is 5.67. The summed E-state index contributed by atoms with van der Waals surface area (Å²) in [6.45, 7) is 8.65. The van der Waals surface area contributed by atoms with Gasteiger partial charge in [-0.1, -0.05) is 46.1 Å². The minimum atomic E-state index is -3.55. The number of aryl methyl sites for hydroxylation is 1. The molecule has 4 nitrogen and oxygen atoms in total. The first-order valence-electron chi connectivity index (χ1n) is 7.54. The van der Waals surface area contributed by atoms with Crippen LogP contribution in [-0.2, 0) is 10.0 Å². The number of hydrogen-bond donors (Lipinski definition) is 2. The second-order valence-corrected chi connectivity index (χ2v) is 8.22. The maximum absolute atomic E-state index is 12.3. The summed E-state index contributed by atoms with van der Waals surface area (Å²) < 4.78 is 27.4. The zero-order valence-electron chi connectivity index (χ0n) is 13.6. The topological polar surface area (TPSA) is 72.2 Å². The third-order valence-electron chi connectivity index (χ3n) is 3.65. The fourth-order valence-electron chi connectivity index (χ4n) is 2.22. The van der Waals surface area contributed by atoms with Crippen molar-refractivity contribution >= 4 is 15.7 Å². The molecule has 0 bridgehead atoms. The first-order valence-corrected chi connectivity index (χ1v) is 9.02. The Morgan fingerprint density at radius 1 is 1.24 bits per heavy atom. The molecule has 0 aliphatic heterocycles. The molecule has 0 fully saturated rings. The summed E-state index contributed by atoms with van der Waals surface area (Å²) in [5.74, 6) is 0. The SMILES string of the molecule is CCCCCC(C)(C)CNS(=O)(=O)c1ccc(C)cc1N. The highest BCUT2D eigenvalue weighted by molar-refractivity contribution is 7.89. The maximum atomic E-state index is 12.3. The molecule has 0 heterocycles. The molecule has 0 spiro atoms. The van der Waals surface area contributed by atoms with Gasteiger partial charge in [0.05, 0.1) is 5.69 Å². The Hall–Kier alpha value is -1.07. The standard InChI is InChI=1S/C16H28N2O2S/c1-5-6-7-10-16(3,4)12-18-21(19,20)15-9-8-13(2)11-14(15)17/h8-9,11,18H,5-7,10,12,17H2,1-4H3. The van der Waals surface area contributed by atoms with Crippen LogP contribution in [0, 0.1) is 12.3 Å². The molecule has 0 aromatic heterocycles. The zero-order valence-corrected chi connectivity index (χ0v) is 14.4. The van der Waals surface area contributed by atoms with Crippen LogP contribution in [0.3, 0.4) is 0 Å². The van der Waals surface area contributed by atoms with Crippen molar-refractivity contribution in [3.8, 4) is 0 Å². The third-order valence-corrected chi connectivity index (χ3v) is 5.13. The Kier molecular flexibility index (Phi) is 6.23. The van der Waals surface area contributed by atoms with Crippen LogP contribution in [0.4, 0.5) is 5.69 Å². The minimum Gasteiger partial charge on any atom is -0.398 e. The second kappa shape index (κ2) is 7.27. The van der Waals surface area contributed by atoms with Gasteiger partial charge in [-0.3, -0.25) is 0 Å². The molecule has 0 unspecified atom stereocenters. The number of nitrogen functional groups attached to an aromatic ring is 1. The predicted molar refractivity (Wildman–Crippen MR) is 88.7 cm³/mol. The van der Waals surface area contributed by atoms with E-state index in [4.69, 9.17) is 5.73 Å². The van der Waals surface area contributed by atoms with E-state index in [1.54, 1.807) is 18.2 Å². The molecule has 0 atom stereocenters. The van der Waals surface area contributed by atoms with E-state index in [2.05, 4.69) is 25.5 Å². The van der Waals surface area contributed by atoms with E-state index < -0.39 is 10.0 Å². The number of unbranched alkanes of at least 4 members (excludes halogenated alkanes) is 2. The molecule has 0 aliphatic rings. The molecule has 3 N–H and O–H groups in total. The summed E-state index contributed by atoms with van der Waals surface area (Å²) in [7, 11) is -3.55. The fourth-order valence-corrected chi connectivity index (χ4v) is 3.58. The Morgan fingerprint density at radius 3 is 2.48 bits per heavy atom. The van der Waals surface area contributed by atoms with Crippen LogP contribution in [0.25, 0.3) is 0 Å². The molecule has 0 aliphatic carbocycles.